The summed E-state index contributed by atoms with van der Waals surface area (Å²) in [5.74, 6) is -0.00210. The van der Waals surface area contributed by atoms with E-state index < -0.39 is 39.9 Å². The second-order valence-electron chi connectivity index (χ2n) is 24.6. The molecule has 3 aromatic rings. The Bertz CT molecular complexity index is 2770. The fourth-order valence-corrected chi connectivity index (χ4v) is 14.6. The van der Waals surface area contributed by atoms with Gasteiger partial charge in [-0.1, -0.05) is 25.5 Å². The van der Waals surface area contributed by atoms with E-state index in [4.69, 9.17) is 43.7 Å². The van der Waals surface area contributed by atoms with Crippen LogP contribution >= 0.6 is 17.0 Å². The molecule has 470 valence electrons. The number of benzene rings is 3. The smallest absolute Gasteiger partial charge is 0.340 e. The maximum atomic E-state index is 13.6. The van der Waals surface area contributed by atoms with Gasteiger partial charge in [0.1, 0.15) is 30.5 Å². The van der Waals surface area contributed by atoms with Crippen LogP contribution in [0, 0.1) is 30.9 Å². The lowest BCUT2D eigenvalue weighted by molar-refractivity contribution is -0.143. The van der Waals surface area contributed by atoms with Crippen molar-refractivity contribution >= 4 is 40.7 Å². The topological polar surface area (TPSA) is 178 Å². The molecular formula is C65H99N7O11P2. The van der Waals surface area contributed by atoms with Gasteiger partial charge >= 0.3 is 11.9 Å². The number of piperidine rings is 1. The molecule has 2 amide bonds. The maximum absolute atomic E-state index is 13.6. The average molecular weight is 1220 g/mol. The van der Waals surface area contributed by atoms with E-state index in [-0.39, 0.29) is 42.8 Å². The number of aliphatic hydroxyl groups is 1. The highest BCUT2D eigenvalue weighted by Crippen LogP contribution is 2.57. The summed E-state index contributed by atoms with van der Waals surface area (Å²) in [5.41, 5.74) is 0.792. The summed E-state index contributed by atoms with van der Waals surface area (Å²) in [4.78, 5) is 61.9. The Balaban J connectivity index is 0.000000595. The minimum atomic E-state index is -1.41. The lowest BCUT2D eigenvalue weighted by atomic mass is 9.77. The molecule has 1 saturated heterocycles. The van der Waals surface area contributed by atoms with Gasteiger partial charge in [-0.05, 0) is 184 Å². The Hall–Kier alpha value is -5.10. The Kier molecular flexibility index (Phi) is 27.0. The van der Waals surface area contributed by atoms with Gasteiger partial charge in [-0.15, -0.1) is 0 Å². The molecule has 6 rings (SSSR count). The van der Waals surface area contributed by atoms with Gasteiger partial charge in [0.25, 0.3) is 14.4 Å². The number of rotatable bonds is 26. The Morgan fingerprint density at radius 3 is 1.86 bits per heavy atom. The number of ether oxygens (including phenoxy) is 3. The molecule has 0 aromatic heterocycles. The van der Waals surface area contributed by atoms with Gasteiger partial charge in [0.15, 0.2) is 14.1 Å². The number of aliphatic hydroxyl groups excluding tert-OH is 1. The molecule has 85 heavy (non-hydrogen) atoms. The number of carbonyl (C=O) groups excluding carboxylic acids is 4. The van der Waals surface area contributed by atoms with Crippen LogP contribution in [0.5, 0.6) is 17.2 Å². The second kappa shape index (κ2) is 33.3. The second-order valence-corrected chi connectivity index (χ2v) is 27.7. The highest BCUT2D eigenvalue weighted by molar-refractivity contribution is 7.47. The number of hydrogen-bond donors (Lipinski definition) is 2. The molecule has 0 aliphatic carbocycles. The number of amides is 2. The van der Waals surface area contributed by atoms with E-state index >= 15 is 0 Å². The van der Waals surface area contributed by atoms with Crippen LogP contribution in [-0.4, -0.2) is 145 Å². The van der Waals surface area contributed by atoms with Gasteiger partial charge in [0.05, 0.1) is 17.6 Å². The van der Waals surface area contributed by atoms with Gasteiger partial charge in [-0.2, -0.15) is 0 Å². The van der Waals surface area contributed by atoms with Crippen LogP contribution in [0.1, 0.15) is 194 Å². The van der Waals surface area contributed by atoms with E-state index in [2.05, 4.69) is 117 Å². The van der Waals surface area contributed by atoms with Crippen LogP contribution < -0.4 is 14.8 Å². The van der Waals surface area contributed by atoms with Crippen LogP contribution in [-0.2, 0) is 33.5 Å². The van der Waals surface area contributed by atoms with E-state index in [1.165, 1.54) is 7.11 Å². The molecule has 20 heteroatoms. The first-order valence-electron chi connectivity index (χ1n) is 31.1. The standard InChI is InChI=1S/C49H63N4O9P.C15H32N3OP.CH4O/c1-32(2)53(33(3)4)63(58-27-24-50-10)59-31-48(9)21-25-52(26-22-48)43(54)14-12-11-13-23-51-44(55)35-16-18-37-40(29-35)49(62-45(37)56)38-19-15-34(5)28-41(38)61-42-30-36(17-20-39(42)49)60-46(57)47(6,7)8;1-12(2)17(13(3)4)20(19-11-10-16-9)18(14(5)6)15(7)8;1-2/h15-20,28-30,32-33H,11-14,21-27,31H2,1-9H3,(H,51,55);12-15H,10-11H2,1-8H3;2H,1H3/i9T;;2T. The summed E-state index contributed by atoms with van der Waals surface area (Å²) in [6, 6.07) is 17.7. The van der Waals surface area contributed by atoms with E-state index in [1.807, 2.05) is 30.0 Å². The lowest BCUT2D eigenvalue weighted by Crippen LogP contribution is -2.44. The van der Waals surface area contributed by atoms with Gasteiger partial charge in [-0.25, -0.2) is 32.0 Å². The lowest BCUT2D eigenvalue weighted by Gasteiger charge is -2.45. The summed E-state index contributed by atoms with van der Waals surface area (Å²) >= 11 is 0. The first-order valence-corrected chi connectivity index (χ1v) is 32.3. The predicted molar refractivity (Wildman–Crippen MR) is 338 cm³/mol. The van der Waals surface area contributed by atoms with Crippen LogP contribution in [0.4, 0.5) is 0 Å². The van der Waals surface area contributed by atoms with Crippen molar-refractivity contribution in [1.29, 1.82) is 1.43 Å². The van der Waals surface area contributed by atoms with Crippen molar-refractivity contribution in [3.8, 4) is 17.2 Å². The number of nitrogens with zero attached hydrogens (tertiary/aromatic N) is 6. The molecule has 1 fully saturated rings. The number of nitrogens with one attached hydrogen (secondary N) is 1. The molecule has 0 saturated carbocycles. The third-order valence-electron chi connectivity index (χ3n) is 14.6. The number of esters is 2. The minimum absolute atomic E-state index is 0.0939. The SMILES string of the molecule is [3H]CC1(COP(OCC[N+]#[C-])N(C(C)C)C(C)C)CCN(C(=O)CCCCCNC(=O)c2ccc3c(c2)C2(OC3=O)c3ccc(C)cc3Oc3cc(OC(=O)C(C)(C)C)ccc32)CC1.[3H]OC.[C-]#[N+]CCOP(N(C(C)C)C(C)C)N(C(C)C)C(C)C. The number of fused-ring (bicyclic) bond motifs is 6. The number of carbonyl (C=O) groups is 4. The number of likely N-dealkylation sites (tertiary alicyclic amines) is 1. The van der Waals surface area contributed by atoms with Gasteiger partial charge < -0.3 is 52.8 Å². The normalized spacial score (nSPS) is 16.7. The highest BCUT2D eigenvalue weighted by atomic mass is 31.2. The summed E-state index contributed by atoms with van der Waals surface area (Å²) in [5, 5.41) is 6.51. The monoisotopic (exact) mass is 1220 g/mol. The van der Waals surface area contributed by atoms with Crippen LogP contribution in [0.3, 0.4) is 0 Å². The summed E-state index contributed by atoms with van der Waals surface area (Å²) in [7, 11) is -0.937. The molecule has 3 aromatic carbocycles. The molecule has 3 heterocycles. The first kappa shape index (κ1) is 69.0. The van der Waals surface area contributed by atoms with E-state index in [9.17, 15) is 19.2 Å². The predicted octanol–water partition coefficient (Wildman–Crippen LogP) is 13.7. The molecule has 0 bridgehead atoms. The number of aryl methyl sites for hydroxylation is 1. The summed E-state index contributed by atoms with van der Waals surface area (Å²) in [6.07, 6.45) is 3.87. The molecular weight excluding hydrogens is 1120 g/mol. The zero-order valence-electron chi connectivity index (χ0n) is 55.8. The van der Waals surface area contributed by atoms with E-state index in [0.717, 1.165) is 12.0 Å². The fraction of sp³-hybridized carbons (Fsp3) is 0.631. The zero-order chi connectivity index (χ0) is 65.0. The van der Waals surface area contributed by atoms with Crippen molar-refractivity contribution in [3.63, 3.8) is 0 Å². The minimum Gasteiger partial charge on any atom is -0.456 e. The maximum Gasteiger partial charge on any atom is 0.340 e. The van der Waals surface area contributed by atoms with Gasteiger partial charge in [0, 0.05) is 99.1 Å². The van der Waals surface area contributed by atoms with Crippen molar-refractivity contribution in [2.24, 2.45) is 10.8 Å². The molecule has 3 aliphatic rings. The third kappa shape index (κ3) is 19.2. The van der Waals surface area contributed by atoms with Gasteiger partial charge in [-0.3, -0.25) is 14.4 Å². The molecule has 2 atom stereocenters. The van der Waals surface area contributed by atoms with Crippen LogP contribution in [0.25, 0.3) is 9.69 Å². The van der Waals surface area contributed by atoms with Crippen molar-refractivity contribution in [2.75, 3.05) is 59.7 Å². The number of unbranched alkanes of at least 4 members (excludes halogenated alkanes) is 2. The average Bonchev–Trinajstić information content (AvgIpc) is 1.64. The molecule has 2 unspecified atom stereocenters. The van der Waals surface area contributed by atoms with Crippen molar-refractivity contribution < 1.29 is 53.4 Å². The van der Waals surface area contributed by atoms with Crippen LogP contribution in [0.2, 0.25) is 0 Å². The van der Waals surface area contributed by atoms with Gasteiger partial charge in [0.2, 0.25) is 20.4 Å². The van der Waals surface area contributed by atoms with E-state index in [1.54, 1.807) is 57.2 Å². The van der Waals surface area contributed by atoms with E-state index in [0.29, 0.717) is 147 Å². The molecule has 0 radical (unpaired) electrons. The highest BCUT2D eigenvalue weighted by Gasteiger charge is 2.54. The Morgan fingerprint density at radius 1 is 0.765 bits per heavy atom. The molecule has 1 spiro atoms. The zero-order valence-corrected chi connectivity index (χ0v) is 55.6. The largest absolute Gasteiger partial charge is 0.456 e. The van der Waals surface area contributed by atoms with Crippen LogP contribution in [0.15, 0.2) is 54.6 Å². The fourth-order valence-electron chi connectivity index (χ4n) is 10.6. The third-order valence-corrected chi connectivity index (χ3v) is 19.7. The Morgan fingerprint density at radius 2 is 1.32 bits per heavy atom. The van der Waals surface area contributed by atoms with Crippen molar-refractivity contribution in [1.82, 2.24) is 24.2 Å². The van der Waals surface area contributed by atoms with Crippen molar-refractivity contribution in [2.45, 2.75) is 198 Å². The quantitative estimate of drug-likeness (QED) is 0.0255. The Labute approximate surface area is 514 Å². The summed E-state index contributed by atoms with van der Waals surface area (Å²) < 4.78 is 58.2. The molecule has 18 nitrogen and oxygen atoms in total. The first-order chi connectivity index (χ1) is 41.1. The summed E-state index contributed by atoms with van der Waals surface area (Å²) in [6.45, 7) is 51.1. The van der Waals surface area contributed by atoms with Crippen molar-refractivity contribution in [3.05, 3.63) is 111 Å². The number of hydrogen-bond acceptors (Lipinski definition) is 14. The molecule has 2 N–H and O–H groups in total. The molecule has 3 aliphatic heterocycles.